The van der Waals surface area contributed by atoms with Gasteiger partial charge in [0, 0.05) is 10.9 Å². The fourth-order valence-corrected chi connectivity index (χ4v) is 4.30. The summed E-state index contributed by atoms with van der Waals surface area (Å²) in [6, 6.07) is 12.4. The summed E-state index contributed by atoms with van der Waals surface area (Å²) >= 11 is 1.56. The van der Waals surface area contributed by atoms with Gasteiger partial charge in [-0.2, -0.15) is 5.26 Å². The van der Waals surface area contributed by atoms with Crippen molar-refractivity contribution in [1.29, 1.82) is 5.26 Å². The Hall–Kier alpha value is -2.16. The standard InChI is InChI=1S/C19H21N3OS/c1-13(14-7-3-2-4-8-14)21-12-18(23)22-19-16(11-20)15-9-5-6-10-17(15)24-19/h2-4,7-8,13,21H,5-6,9-10,12H2,1H3,(H,22,23). The molecule has 3 rings (SSSR count). The van der Waals surface area contributed by atoms with E-state index in [1.54, 1.807) is 11.3 Å². The molecule has 2 aromatic rings. The summed E-state index contributed by atoms with van der Waals surface area (Å²) in [6.45, 7) is 2.26. The van der Waals surface area contributed by atoms with E-state index in [2.05, 4.69) is 16.7 Å². The van der Waals surface area contributed by atoms with Crippen molar-refractivity contribution < 1.29 is 4.79 Å². The van der Waals surface area contributed by atoms with Gasteiger partial charge in [-0.1, -0.05) is 30.3 Å². The van der Waals surface area contributed by atoms with Crippen LogP contribution in [-0.4, -0.2) is 12.5 Å². The lowest BCUT2D eigenvalue weighted by Crippen LogP contribution is -2.30. The maximum atomic E-state index is 12.3. The zero-order valence-electron chi connectivity index (χ0n) is 13.8. The third-order valence-electron chi connectivity index (χ3n) is 4.40. The van der Waals surface area contributed by atoms with Crippen molar-refractivity contribution in [3.05, 3.63) is 51.9 Å². The van der Waals surface area contributed by atoms with Gasteiger partial charge >= 0.3 is 0 Å². The van der Waals surface area contributed by atoms with Crippen molar-refractivity contribution >= 4 is 22.2 Å². The molecule has 1 aromatic heterocycles. The Morgan fingerprint density at radius 2 is 2.04 bits per heavy atom. The van der Waals surface area contributed by atoms with Gasteiger partial charge in [0.05, 0.1) is 12.1 Å². The molecule has 1 aliphatic carbocycles. The van der Waals surface area contributed by atoms with Crippen molar-refractivity contribution in [3.63, 3.8) is 0 Å². The lowest BCUT2D eigenvalue weighted by Gasteiger charge is -2.13. The van der Waals surface area contributed by atoms with E-state index >= 15 is 0 Å². The average molecular weight is 339 g/mol. The summed E-state index contributed by atoms with van der Waals surface area (Å²) in [4.78, 5) is 13.5. The number of hydrogen-bond acceptors (Lipinski definition) is 4. The van der Waals surface area contributed by atoms with Gasteiger partial charge in [0.25, 0.3) is 0 Å². The first kappa shape index (κ1) is 16.7. The van der Waals surface area contributed by atoms with Crippen LogP contribution in [0, 0.1) is 11.3 Å². The average Bonchev–Trinajstić information content (AvgIpc) is 2.97. The highest BCUT2D eigenvalue weighted by molar-refractivity contribution is 7.16. The Morgan fingerprint density at radius 1 is 1.29 bits per heavy atom. The molecule has 0 saturated heterocycles. The maximum Gasteiger partial charge on any atom is 0.238 e. The van der Waals surface area contributed by atoms with Crippen molar-refractivity contribution in [3.8, 4) is 6.07 Å². The smallest absolute Gasteiger partial charge is 0.238 e. The Bertz CT molecular complexity index is 761. The fraction of sp³-hybridized carbons (Fsp3) is 0.368. The summed E-state index contributed by atoms with van der Waals surface area (Å²) in [7, 11) is 0. The molecule has 0 spiro atoms. The van der Waals surface area contributed by atoms with Gasteiger partial charge in [-0.25, -0.2) is 0 Å². The molecule has 24 heavy (non-hydrogen) atoms. The summed E-state index contributed by atoms with van der Waals surface area (Å²) < 4.78 is 0. The molecule has 1 aliphatic rings. The van der Waals surface area contributed by atoms with Gasteiger partial charge in [-0.3, -0.25) is 4.79 Å². The van der Waals surface area contributed by atoms with Crippen LogP contribution in [0.1, 0.15) is 47.4 Å². The van der Waals surface area contributed by atoms with Crippen LogP contribution in [-0.2, 0) is 17.6 Å². The number of carbonyl (C=O) groups is 1. The molecule has 124 valence electrons. The minimum atomic E-state index is -0.104. The lowest BCUT2D eigenvalue weighted by atomic mass is 9.96. The van der Waals surface area contributed by atoms with Gasteiger partial charge in [-0.15, -0.1) is 11.3 Å². The van der Waals surface area contributed by atoms with Crippen LogP contribution >= 0.6 is 11.3 Å². The number of benzene rings is 1. The second kappa shape index (κ2) is 7.61. The predicted octanol–water partition coefficient (Wildman–Crippen LogP) is 3.79. The third kappa shape index (κ3) is 3.66. The molecule has 0 fully saturated rings. The summed E-state index contributed by atoms with van der Waals surface area (Å²) in [5.41, 5.74) is 2.96. The monoisotopic (exact) mass is 339 g/mol. The van der Waals surface area contributed by atoms with Crippen molar-refractivity contribution in [2.24, 2.45) is 0 Å². The molecule has 0 saturated carbocycles. The summed E-state index contributed by atoms with van der Waals surface area (Å²) in [5, 5.41) is 16.3. The van der Waals surface area contributed by atoms with Crippen LogP contribution in [0.25, 0.3) is 0 Å². The number of nitrogens with zero attached hydrogens (tertiary/aromatic N) is 1. The van der Waals surface area contributed by atoms with Crippen molar-refractivity contribution in [2.75, 3.05) is 11.9 Å². The highest BCUT2D eigenvalue weighted by Crippen LogP contribution is 2.37. The maximum absolute atomic E-state index is 12.3. The minimum absolute atomic E-state index is 0.101. The van der Waals surface area contributed by atoms with Gasteiger partial charge < -0.3 is 10.6 Å². The first-order valence-corrected chi connectivity index (χ1v) is 9.13. The van der Waals surface area contributed by atoms with Crippen molar-refractivity contribution in [2.45, 2.75) is 38.6 Å². The molecule has 5 heteroatoms. The zero-order chi connectivity index (χ0) is 16.9. The van der Waals surface area contributed by atoms with E-state index in [9.17, 15) is 10.1 Å². The number of fused-ring (bicyclic) bond motifs is 1. The number of amides is 1. The molecule has 0 aliphatic heterocycles. The minimum Gasteiger partial charge on any atom is -0.315 e. The molecule has 2 N–H and O–H groups in total. The predicted molar refractivity (Wildman–Crippen MR) is 97.2 cm³/mol. The normalized spacial score (nSPS) is 14.5. The Kier molecular flexibility index (Phi) is 5.29. The van der Waals surface area contributed by atoms with Crippen LogP contribution in [0.3, 0.4) is 0 Å². The van der Waals surface area contributed by atoms with Crippen LogP contribution < -0.4 is 10.6 Å². The topological polar surface area (TPSA) is 64.9 Å². The molecule has 1 heterocycles. The van der Waals surface area contributed by atoms with E-state index in [1.165, 1.54) is 11.3 Å². The largest absolute Gasteiger partial charge is 0.315 e. The zero-order valence-corrected chi connectivity index (χ0v) is 14.6. The van der Waals surface area contributed by atoms with Crippen LogP contribution in [0.2, 0.25) is 0 Å². The molecule has 0 radical (unpaired) electrons. The number of thiophene rings is 1. The summed E-state index contributed by atoms with van der Waals surface area (Å²) in [6.07, 6.45) is 4.27. The number of nitrogens with one attached hydrogen (secondary N) is 2. The number of anilines is 1. The molecular formula is C19H21N3OS. The first-order chi connectivity index (χ1) is 11.7. The van der Waals surface area contributed by atoms with Gasteiger partial charge in [0.15, 0.2) is 0 Å². The molecule has 1 aromatic carbocycles. The molecule has 1 unspecified atom stereocenters. The highest BCUT2D eigenvalue weighted by Gasteiger charge is 2.21. The second-order valence-electron chi connectivity index (χ2n) is 6.09. The van der Waals surface area contributed by atoms with E-state index in [0.29, 0.717) is 10.6 Å². The second-order valence-corrected chi connectivity index (χ2v) is 7.19. The molecule has 4 nitrogen and oxygen atoms in total. The van der Waals surface area contributed by atoms with Gasteiger partial charge in [-0.05, 0) is 43.7 Å². The van der Waals surface area contributed by atoms with E-state index < -0.39 is 0 Å². The first-order valence-electron chi connectivity index (χ1n) is 8.32. The highest BCUT2D eigenvalue weighted by atomic mass is 32.1. The fourth-order valence-electron chi connectivity index (χ4n) is 3.05. The summed E-state index contributed by atoms with van der Waals surface area (Å²) in [5.74, 6) is -0.104. The van der Waals surface area contributed by atoms with Crippen molar-refractivity contribution in [1.82, 2.24) is 5.32 Å². The molecule has 1 amide bonds. The van der Waals surface area contributed by atoms with E-state index in [1.807, 2.05) is 37.3 Å². The number of rotatable bonds is 5. The molecule has 0 bridgehead atoms. The Labute approximate surface area is 146 Å². The van der Waals surface area contributed by atoms with Crippen LogP contribution in [0.5, 0.6) is 0 Å². The number of nitriles is 1. The quantitative estimate of drug-likeness (QED) is 0.871. The Balaban J connectivity index is 1.61. The van der Waals surface area contributed by atoms with E-state index in [-0.39, 0.29) is 18.5 Å². The van der Waals surface area contributed by atoms with E-state index in [0.717, 1.165) is 30.4 Å². The lowest BCUT2D eigenvalue weighted by molar-refractivity contribution is -0.115. The third-order valence-corrected chi connectivity index (χ3v) is 5.61. The van der Waals surface area contributed by atoms with Gasteiger partial charge in [0.1, 0.15) is 11.1 Å². The van der Waals surface area contributed by atoms with E-state index in [4.69, 9.17) is 0 Å². The number of aryl methyl sites for hydroxylation is 1. The molecular weight excluding hydrogens is 318 g/mol. The van der Waals surface area contributed by atoms with Crippen LogP contribution in [0.4, 0.5) is 5.00 Å². The van der Waals surface area contributed by atoms with Gasteiger partial charge in [0.2, 0.25) is 5.91 Å². The number of hydrogen-bond donors (Lipinski definition) is 2. The van der Waals surface area contributed by atoms with Crippen LogP contribution in [0.15, 0.2) is 30.3 Å². The number of carbonyl (C=O) groups excluding carboxylic acids is 1. The Morgan fingerprint density at radius 3 is 2.79 bits per heavy atom. The molecule has 1 atom stereocenters. The SMILES string of the molecule is CC(NCC(=O)Nc1sc2c(c1C#N)CCCC2)c1ccccc1.